The van der Waals surface area contributed by atoms with E-state index in [-0.39, 0.29) is 23.1 Å². The number of nitrogens with one attached hydrogen (secondary N) is 1. The van der Waals surface area contributed by atoms with E-state index in [1.54, 1.807) is 43.2 Å². The lowest BCUT2D eigenvalue weighted by atomic mass is 10.1. The lowest BCUT2D eigenvalue weighted by Crippen LogP contribution is -2.48. The lowest BCUT2D eigenvalue weighted by Gasteiger charge is -2.29. The summed E-state index contributed by atoms with van der Waals surface area (Å²) in [4.78, 5) is 27.9. The number of amides is 2. The maximum atomic E-state index is 13.3. The van der Waals surface area contributed by atoms with Crippen molar-refractivity contribution in [2.75, 3.05) is 33.4 Å². The quantitative estimate of drug-likeness (QED) is 0.414. The summed E-state index contributed by atoms with van der Waals surface area (Å²) >= 11 is 0. The fraction of sp³-hybridized carbons (Fsp3) is 0.481. The number of nitrogens with zero attached hydrogens (tertiary/aromatic N) is 2. The Morgan fingerprint density at radius 1 is 1.03 bits per heavy atom. The van der Waals surface area contributed by atoms with Crippen molar-refractivity contribution in [2.45, 2.75) is 56.5 Å². The molecule has 1 atom stereocenters. The zero-order chi connectivity index (χ0) is 26.0. The molecule has 0 aliphatic carbocycles. The number of carbonyl (C=O) groups is 2. The van der Waals surface area contributed by atoms with Crippen LogP contribution in [0, 0.1) is 0 Å². The van der Waals surface area contributed by atoms with E-state index in [2.05, 4.69) is 5.32 Å². The fourth-order valence-electron chi connectivity index (χ4n) is 4.24. The molecule has 9 heteroatoms. The molecule has 8 nitrogen and oxygen atoms in total. The van der Waals surface area contributed by atoms with Crippen LogP contribution in [0.3, 0.4) is 0 Å². The van der Waals surface area contributed by atoms with Crippen LogP contribution in [-0.4, -0.2) is 68.8 Å². The molecule has 1 aliphatic rings. The smallest absolute Gasteiger partial charge is 0.243 e. The molecule has 1 aliphatic heterocycles. The molecule has 1 heterocycles. The highest BCUT2D eigenvalue weighted by molar-refractivity contribution is 7.89. The molecule has 2 amide bonds. The Morgan fingerprint density at radius 2 is 1.69 bits per heavy atom. The first kappa shape index (κ1) is 27.8. The molecule has 36 heavy (non-hydrogen) atoms. The monoisotopic (exact) mass is 515 g/mol. The summed E-state index contributed by atoms with van der Waals surface area (Å²) in [5.74, 6) is -0.334. The third-order valence-corrected chi connectivity index (χ3v) is 8.35. The van der Waals surface area contributed by atoms with Crippen LogP contribution in [0.15, 0.2) is 59.5 Å². The largest absolute Gasteiger partial charge is 0.385 e. The first-order chi connectivity index (χ1) is 17.3. The number of rotatable bonds is 13. The van der Waals surface area contributed by atoms with Crippen molar-refractivity contribution in [3.63, 3.8) is 0 Å². The van der Waals surface area contributed by atoms with Gasteiger partial charge < -0.3 is 15.0 Å². The molecule has 2 aromatic carbocycles. The van der Waals surface area contributed by atoms with E-state index < -0.39 is 16.1 Å². The van der Waals surface area contributed by atoms with Gasteiger partial charge in [0.25, 0.3) is 0 Å². The molecule has 3 rings (SSSR count). The van der Waals surface area contributed by atoms with Gasteiger partial charge in [-0.3, -0.25) is 9.59 Å². The average molecular weight is 516 g/mol. The highest BCUT2D eigenvalue weighted by Crippen LogP contribution is 2.21. The van der Waals surface area contributed by atoms with Crippen LogP contribution in [0.25, 0.3) is 0 Å². The summed E-state index contributed by atoms with van der Waals surface area (Å²) in [6, 6.07) is 15.7. The van der Waals surface area contributed by atoms with Crippen molar-refractivity contribution in [3.05, 3.63) is 65.7 Å². The van der Waals surface area contributed by atoms with Crippen LogP contribution in [0.1, 0.15) is 43.7 Å². The zero-order valence-electron chi connectivity index (χ0n) is 21.2. The molecule has 0 unspecified atom stereocenters. The molecule has 1 saturated heterocycles. The van der Waals surface area contributed by atoms with Gasteiger partial charge in [-0.05, 0) is 55.9 Å². The maximum Gasteiger partial charge on any atom is 0.243 e. The normalized spacial score (nSPS) is 14.9. The van der Waals surface area contributed by atoms with Gasteiger partial charge in [-0.2, -0.15) is 4.31 Å². The Kier molecular flexibility index (Phi) is 10.5. The van der Waals surface area contributed by atoms with Crippen molar-refractivity contribution < 1.29 is 22.7 Å². The van der Waals surface area contributed by atoms with E-state index in [9.17, 15) is 18.0 Å². The minimum Gasteiger partial charge on any atom is -0.385 e. The fourth-order valence-corrected chi connectivity index (χ4v) is 5.76. The summed E-state index contributed by atoms with van der Waals surface area (Å²) < 4.78 is 32.0. The van der Waals surface area contributed by atoms with Crippen molar-refractivity contribution in [1.29, 1.82) is 0 Å². The molecule has 0 radical (unpaired) electrons. The van der Waals surface area contributed by atoms with Gasteiger partial charge in [0.2, 0.25) is 21.8 Å². The van der Waals surface area contributed by atoms with Gasteiger partial charge in [-0.15, -0.1) is 0 Å². The highest BCUT2D eigenvalue weighted by atomic mass is 32.2. The molecular formula is C27H37N3O5S. The Morgan fingerprint density at radius 3 is 2.33 bits per heavy atom. The van der Waals surface area contributed by atoms with E-state index in [1.807, 2.05) is 30.3 Å². The SMILES string of the molecule is COCCCNC(=O)[C@@H](C)N(Cc1ccccc1)C(=O)CCc1ccc(S(=O)(=O)N2CCCC2)cc1. The molecular weight excluding hydrogens is 478 g/mol. The van der Waals surface area contributed by atoms with Gasteiger partial charge in [0.05, 0.1) is 4.90 Å². The summed E-state index contributed by atoms with van der Waals surface area (Å²) in [6.45, 7) is 4.24. The predicted octanol–water partition coefficient (Wildman–Crippen LogP) is 2.97. The standard InChI is InChI=1S/C27H37N3O5S/c1-22(27(32)28-17-8-20-35-2)30(21-24-9-4-3-5-10-24)26(31)16-13-23-11-14-25(15-12-23)36(33,34)29-18-6-7-19-29/h3-5,9-12,14-15,22H,6-8,13,16-21H2,1-2H3,(H,28,32)/t22-/m1/s1. The number of benzene rings is 2. The molecule has 196 valence electrons. The molecule has 1 fully saturated rings. The van der Waals surface area contributed by atoms with Crippen LogP contribution in [0.4, 0.5) is 0 Å². The second-order valence-corrected chi connectivity index (χ2v) is 11.0. The number of ether oxygens (including phenoxy) is 1. The van der Waals surface area contributed by atoms with Gasteiger partial charge in [-0.25, -0.2) is 8.42 Å². The van der Waals surface area contributed by atoms with Crippen LogP contribution in [0.5, 0.6) is 0 Å². The maximum absolute atomic E-state index is 13.3. The molecule has 0 bridgehead atoms. The lowest BCUT2D eigenvalue weighted by molar-refractivity contribution is -0.140. The number of carbonyl (C=O) groups excluding carboxylic acids is 2. The number of hydrogen-bond donors (Lipinski definition) is 1. The van der Waals surface area contributed by atoms with Crippen molar-refractivity contribution in [1.82, 2.24) is 14.5 Å². The second kappa shape index (κ2) is 13.5. The first-order valence-electron chi connectivity index (χ1n) is 12.5. The Balaban J connectivity index is 1.64. The summed E-state index contributed by atoms with van der Waals surface area (Å²) in [6.07, 6.45) is 3.15. The molecule has 0 spiro atoms. The summed E-state index contributed by atoms with van der Waals surface area (Å²) in [5.41, 5.74) is 1.82. The van der Waals surface area contributed by atoms with Crippen LogP contribution in [0.2, 0.25) is 0 Å². The van der Waals surface area contributed by atoms with Crippen molar-refractivity contribution >= 4 is 21.8 Å². The van der Waals surface area contributed by atoms with Crippen molar-refractivity contribution in [3.8, 4) is 0 Å². The topological polar surface area (TPSA) is 96.0 Å². The van der Waals surface area contributed by atoms with Gasteiger partial charge >= 0.3 is 0 Å². The van der Waals surface area contributed by atoms with Gasteiger partial charge in [0, 0.05) is 46.3 Å². The first-order valence-corrected chi connectivity index (χ1v) is 14.0. The molecule has 0 aromatic heterocycles. The van der Waals surface area contributed by atoms with E-state index in [0.717, 1.165) is 24.0 Å². The van der Waals surface area contributed by atoms with Gasteiger partial charge in [0.15, 0.2) is 0 Å². The second-order valence-electron chi connectivity index (χ2n) is 9.08. The molecule has 1 N–H and O–H groups in total. The van der Waals surface area contributed by atoms with E-state index >= 15 is 0 Å². The number of methoxy groups -OCH3 is 1. The van der Waals surface area contributed by atoms with E-state index in [0.29, 0.717) is 45.6 Å². The Bertz CT molecular complexity index is 1080. The van der Waals surface area contributed by atoms with Crippen LogP contribution >= 0.6 is 0 Å². The highest BCUT2D eigenvalue weighted by Gasteiger charge is 2.28. The van der Waals surface area contributed by atoms with E-state index in [4.69, 9.17) is 4.74 Å². The molecule has 0 saturated carbocycles. The van der Waals surface area contributed by atoms with Gasteiger partial charge in [0.1, 0.15) is 6.04 Å². The average Bonchev–Trinajstić information content (AvgIpc) is 3.45. The summed E-state index contributed by atoms with van der Waals surface area (Å²) in [5, 5.41) is 2.88. The number of sulfonamides is 1. The number of hydrogen-bond acceptors (Lipinski definition) is 5. The minimum atomic E-state index is -3.46. The summed E-state index contributed by atoms with van der Waals surface area (Å²) in [7, 11) is -1.85. The Labute approximate surface area is 214 Å². The third kappa shape index (κ3) is 7.62. The van der Waals surface area contributed by atoms with Gasteiger partial charge in [-0.1, -0.05) is 42.5 Å². The van der Waals surface area contributed by atoms with E-state index in [1.165, 1.54) is 4.31 Å². The number of aryl methyl sites for hydroxylation is 1. The van der Waals surface area contributed by atoms with Crippen LogP contribution < -0.4 is 5.32 Å². The Hall–Kier alpha value is -2.75. The zero-order valence-corrected chi connectivity index (χ0v) is 22.0. The third-order valence-electron chi connectivity index (χ3n) is 6.44. The molecule has 2 aromatic rings. The minimum absolute atomic E-state index is 0.132. The van der Waals surface area contributed by atoms with Crippen molar-refractivity contribution in [2.24, 2.45) is 0 Å². The predicted molar refractivity (Wildman–Crippen MR) is 139 cm³/mol. The van der Waals surface area contributed by atoms with Crippen LogP contribution in [-0.2, 0) is 37.3 Å².